The Kier molecular flexibility index (Phi) is 6.60. The van der Waals surface area contributed by atoms with Crippen molar-refractivity contribution in [2.24, 2.45) is 0 Å². The maximum atomic E-state index is 13.4. The second-order valence-electron chi connectivity index (χ2n) is 5.07. The van der Waals surface area contributed by atoms with E-state index in [0.29, 0.717) is 37.9 Å². The summed E-state index contributed by atoms with van der Waals surface area (Å²) in [5, 5.41) is -0.0666. The Morgan fingerprint density at radius 3 is 2.54 bits per heavy atom. The summed E-state index contributed by atoms with van der Waals surface area (Å²) in [5.41, 5.74) is 0. The van der Waals surface area contributed by atoms with Gasteiger partial charge in [-0.3, -0.25) is 0 Å². The molecule has 1 aliphatic heterocycles. The number of aldehydes is 1. The van der Waals surface area contributed by atoms with Crippen molar-refractivity contribution >= 4 is 24.2 Å². The molecule has 0 bridgehead atoms. The summed E-state index contributed by atoms with van der Waals surface area (Å²) in [6, 6.07) is -0.0107. The first-order valence-corrected chi connectivity index (χ1v) is 7.94. The van der Waals surface area contributed by atoms with Gasteiger partial charge in [-0.15, -0.1) is 0 Å². The molecule has 0 aliphatic carbocycles. The summed E-state index contributed by atoms with van der Waals surface area (Å²) in [6.07, 6.45) is 2.83. The summed E-state index contributed by atoms with van der Waals surface area (Å²) >= 11 is 0.386. The molecule has 1 aromatic rings. The van der Waals surface area contributed by atoms with Crippen LogP contribution < -0.4 is 10.1 Å². The SMILES string of the molecule is O=CCC(F)(F)SN1CCC(Nc2ncc(OC(F)F)cn2)CC1. The van der Waals surface area contributed by atoms with E-state index in [4.69, 9.17) is 0 Å². The zero-order valence-corrected chi connectivity index (χ0v) is 13.3. The molecule has 1 fully saturated rings. The largest absolute Gasteiger partial charge is 0.432 e. The Bertz CT molecular complexity index is 527. The molecule has 0 spiro atoms. The molecule has 0 unspecified atom stereocenters. The van der Waals surface area contributed by atoms with E-state index in [9.17, 15) is 22.4 Å². The van der Waals surface area contributed by atoms with Crippen LogP contribution in [0.5, 0.6) is 5.75 Å². The average Bonchev–Trinajstić information content (AvgIpc) is 2.50. The molecule has 0 amide bonds. The number of carbonyl (C=O) groups is 1. The van der Waals surface area contributed by atoms with E-state index in [-0.39, 0.29) is 24.0 Å². The second-order valence-corrected chi connectivity index (χ2v) is 6.36. The molecular formula is C13H16F4N4O2S. The fraction of sp³-hybridized carbons (Fsp3) is 0.615. The number of aromatic nitrogens is 2. The third-order valence-corrected chi connectivity index (χ3v) is 4.28. The lowest BCUT2D eigenvalue weighted by atomic mass is 10.1. The maximum Gasteiger partial charge on any atom is 0.387 e. The number of hydrogen-bond acceptors (Lipinski definition) is 7. The van der Waals surface area contributed by atoms with Crippen LogP contribution in [-0.2, 0) is 4.79 Å². The van der Waals surface area contributed by atoms with E-state index in [1.165, 1.54) is 4.31 Å². The van der Waals surface area contributed by atoms with Gasteiger partial charge in [0.25, 0.3) is 0 Å². The molecule has 1 saturated heterocycles. The molecule has 1 aromatic heterocycles. The number of rotatable bonds is 8. The normalized spacial score (nSPS) is 17.0. The summed E-state index contributed by atoms with van der Waals surface area (Å²) in [6.45, 7) is -2.10. The summed E-state index contributed by atoms with van der Waals surface area (Å²) in [5.74, 6) is 0.119. The third-order valence-electron chi connectivity index (χ3n) is 3.22. The fourth-order valence-electron chi connectivity index (χ4n) is 2.15. The molecule has 2 heterocycles. The number of nitrogens with one attached hydrogen (secondary N) is 1. The standard InChI is InChI=1S/C13H16F4N4O2S/c14-11(15)23-10-7-18-12(19-8-10)20-9-1-4-21(5-2-9)24-13(16,17)3-6-22/h6-9,11H,1-5H2,(H,18,19,20). The maximum absolute atomic E-state index is 13.4. The van der Waals surface area contributed by atoms with Crippen LogP contribution in [0.1, 0.15) is 19.3 Å². The zero-order chi connectivity index (χ0) is 17.6. The van der Waals surface area contributed by atoms with Crippen molar-refractivity contribution in [2.45, 2.75) is 37.2 Å². The van der Waals surface area contributed by atoms with Crippen LogP contribution in [0, 0.1) is 0 Å². The molecule has 0 aromatic carbocycles. The lowest BCUT2D eigenvalue weighted by molar-refractivity contribution is -0.110. The molecule has 11 heteroatoms. The first-order chi connectivity index (χ1) is 11.4. The minimum atomic E-state index is -3.09. The van der Waals surface area contributed by atoms with Gasteiger partial charge < -0.3 is 14.8 Å². The molecule has 1 aliphatic rings. The number of hydrogen-bond donors (Lipinski definition) is 1. The Hall–Kier alpha value is -1.62. The van der Waals surface area contributed by atoms with Crippen molar-refractivity contribution in [1.29, 1.82) is 0 Å². The molecule has 2 rings (SSSR count). The minimum absolute atomic E-state index is 0.0107. The smallest absolute Gasteiger partial charge is 0.387 e. The van der Waals surface area contributed by atoms with Gasteiger partial charge in [0, 0.05) is 19.1 Å². The number of anilines is 1. The highest BCUT2D eigenvalue weighted by Crippen LogP contribution is 2.36. The van der Waals surface area contributed by atoms with Crippen molar-refractivity contribution in [2.75, 3.05) is 18.4 Å². The predicted octanol–water partition coefficient (Wildman–Crippen LogP) is 2.78. The van der Waals surface area contributed by atoms with Gasteiger partial charge in [0.05, 0.1) is 18.8 Å². The van der Waals surface area contributed by atoms with E-state index in [1.54, 1.807) is 0 Å². The zero-order valence-electron chi connectivity index (χ0n) is 12.5. The van der Waals surface area contributed by atoms with Crippen LogP contribution >= 0.6 is 11.9 Å². The van der Waals surface area contributed by atoms with Crippen molar-refractivity contribution in [3.8, 4) is 5.75 Å². The van der Waals surface area contributed by atoms with E-state index < -0.39 is 18.3 Å². The Morgan fingerprint density at radius 2 is 2.00 bits per heavy atom. The van der Waals surface area contributed by atoms with Gasteiger partial charge in [-0.25, -0.2) is 14.3 Å². The molecule has 0 atom stereocenters. The second kappa shape index (κ2) is 8.47. The first kappa shape index (κ1) is 18.7. The molecule has 0 saturated carbocycles. The third kappa shape index (κ3) is 6.11. The van der Waals surface area contributed by atoms with E-state index >= 15 is 0 Å². The van der Waals surface area contributed by atoms with Crippen LogP contribution in [0.25, 0.3) is 0 Å². The monoisotopic (exact) mass is 368 g/mol. The number of alkyl halides is 4. The summed E-state index contributed by atoms with van der Waals surface area (Å²) in [7, 11) is 0. The first-order valence-electron chi connectivity index (χ1n) is 7.17. The number of ether oxygens (including phenoxy) is 1. The molecular weight excluding hydrogens is 352 g/mol. The summed E-state index contributed by atoms with van der Waals surface area (Å²) < 4.78 is 56.5. The Labute approximate surface area is 140 Å². The van der Waals surface area contributed by atoms with Gasteiger partial charge >= 0.3 is 11.9 Å². The van der Waals surface area contributed by atoms with Gasteiger partial charge in [-0.1, -0.05) is 0 Å². The van der Waals surface area contributed by atoms with Gasteiger partial charge in [-0.2, -0.15) is 17.6 Å². The highest BCUT2D eigenvalue weighted by molar-refractivity contribution is 7.98. The van der Waals surface area contributed by atoms with Gasteiger partial charge in [0.1, 0.15) is 6.29 Å². The van der Waals surface area contributed by atoms with Gasteiger partial charge in [-0.05, 0) is 24.8 Å². The predicted molar refractivity (Wildman–Crippen MR) is 80.1 cm³/mol. The van der Waals surface area contributed by atoms with Crippen LogP contribution in [0.15, 0.2) is 12.4 Å². The van der Waals surface area contributed by atoms with Gasteiger partial charge in [0.15, 0.2) is 5.75 Å². The fourth-order valence-corrected chi connectivity index (χ4v) is 3.07. The van der Waals surface area contributed by atoms with Crippen LogP contribution in [-0.4, -0.2) is 51.6 Å². The average molecular weight is 368 g/mol. The topological polar surface area (TPSA) is 67.4 Å². The highest BCUT2D eigenvalue weighted by Gasteiger charge is 2.34. The Morgan fingerprint density at radius 1 is 1.38 bits per heavy atom. The summed E-state index contributed by atoms with van der Waals surface area (Å²) in [4.78, 5) is 18.0. The van der Waals surface area contributed by atoms with E-state index in [0.717, 1.165) is 12.4 Å². The quantitative estimate of drug-likeness (QED) is 0.430. The Balaban J connectivity index is 1.77. The number of halogens is 4. The van der Waals surface area contributed by atoms with Crippen LogP contribution in [0.3, 0.4) is 0 Å². The molecule has 24 heavy (non-hydrogen) atoms. The van der Waals surface area contributed by atoms with Crippen LogP contribution in [0.4, 0.5) is 23.5 Å². The van der Waals surface area contributed by atoms with Crippen molar-refractivity contribution < 1.29 is 27.1 Å². The minimum Gasteiger partial charge on any atom is -0.432 e. The molecule has 1 N–H and O–H groups in total. The lowest BCUT2D eigenvalue weighted by Gasteiger charge is -2.32. The van der Waals surface area contributed by atoms with E-state index in [2.05, 4.69) is 20.0 Å². The highest BCUT2D eigenvalue weighted by atomic mass is 32.2. The molecule has 6 nitrogen and oxygen atoms in total. The lowest BCUT2D eigenvalue weighted by Crippen LogP contribution is -2.37. The van der Waals surface area contributed by atoms with Gasteiger partial charge in [0.2, 0.25) is 5.95 Å². The number of piperidine rings is 1. The number of carbonyl (C=O) groups excluding carboxylic acids is 1. The van der Waals surface area contributed by atoms with Crippen molar-refractivity contribution in [1.82, 2.24) is 14.3 Å². The molecule has 134 valence electrons. The van der Waals surface area contributed by atoms with Crippen molar-refractivity contribution in [3.63, 3.8) is 0 Å². The van der Waals surface area contributed by atoms with E-state index in [1.807, 2.05) is 0 Å². The number of nitrogens with zero attached hydrogens (tertiary/aromatic N) is 3. The van der Waals surface area contributed by atoms with Crippen molar-refractivity contribution in [3.05, 3.63) is 12.4 Å². The molecule has 0 radical (unpaired) electrons. The van der Waals surface area contributed by atoms with Crippen LogP contribution in [0.2, 0.25) is 0 Å².